The van der Waals surface area contributed by atoms with Gasteiger partial charge < -0.3 is 25.4 Å². The lowest BCUT2D eigenvalue weighted by atomic mass is 9.91. The first-order chi connectivity index (χ1) is 15.5. The van der Waals surface area contributed by atoms with Crippen LogP contribution in [-0.2, 0) is 21.7 Å². The summed E-state index contributed by atoms with van der Waals surface area (Å²) in [6.45, 7) is 0.304. The van der Waals surface area contributed by atoms with E-state index in [1.54, 1.807) is 18.5 Å². The Morgan fingerprint density at radius 2 is 1.84 bits per heavy atom. The molecule has 32 heavy (non-hydrogen) atoms. The molecular weight excluding hydrogens is 414 g/mol. The number of carbonyl (C=O) groups excluding carboxylic acids is 2. The summed E-state index contributed by atoms with van der Waals surface area (Å²) in [4.78, 5) is 46.8. The van der Waals surface area contributed by atoms with E-state index in [1.807, 2.05) is 30.3 Å². The average Bonchev–Trinajstić information content (AvgIpc) is 3.59. The number of hydrogen-bond donors (Lipinski definition) is 3. The van der Waals surface area contributed by atoms with E-state index in [-0.39, 0.29) is 25.6 Å². The zero-order chi connectivity index (χ0) is 22.6. The van der Waals surface area contributed by atoms with Crippen LogP contribution in [0.25, 0.3) is 0 Å². The zero-order valence-corrected chi connectivity index (χ0v) is 17.4. The van der Waals surface area contributed by atoms with Crippen LogP contribution in [0.5, 0.6) is 0 Å². The Hall–Kier alpha value is -3.69. The van der Waals surface area contributed by atoms with Crippen molar-refractivity contribution in [2.24, 2.45) is 5.92 Å². The van der Waals surface area contributed by atoms with Gasteiger partial charge in [-0.3, -0.25) is 4.79 Å². The molecule has 2 fully saturated rings. The van der Waals surface area contributed by atoms with Gasteiger partial charge in [0.05, 0.1) is 11.5 Å². The molecule has 10 heteroatoms. The molecule has 168 valence electrons. The van der Waals surface area contributed by atoms with Gasteiger partial charge in [-0.1, -0.05) is 30.3 Å². The van der Waals surface area contributed by atoms with Gasteiger partial charge in [-0.15, -0.1) is 0 Å². The molecule has 2 aromatic rings. The summed E-state index contributed by atoms with van der Waals surface area (Å²) in [5, 5.41) is 15.2. The molecule has 1 aromatic carbocycles. The largest absolute Gasteiger partial charge is 0.465 e. The van der Waals surface area contributed by atoms with E-state index in [1.165, 1.54) is 4.90 Å². The molecule has 4 rings (SSSR count). The number of carboxylic acid groups (broad SMARTS) is 1. The fourth-order valence-corrected chi connectivity index (χ4v) is 3.88. The first kappa shape index (κ1) is 21.5. The van der Waals surface area contributed by atoms with Crippen LogP contribution in [-0.4, -0.2) is 57.2 Å². The molecule has 0 unspecified atom stereocenters. The summed E-state index contributed by atoms with van der Waals surface area (Å²) in [7, 11) is 0. The molecule has 3 N–H and O–H groups in total. The second-order valence-electron chi connectivity index (χ2n) is 8.08. The van der Waals surface area contributed by atoms with E-state index in [0.29, 0.717) is 25.1 Å². The van der Waals surface area contributed by atoms with Crippen molar-refractivity contribution in [2.75, 3.05) is 13.1 Å². The molecular formula is C22H25N5O5. The summed E-state index contributed by atoms with van der Waals surface area (Å²) in [6.07, 6.45) is 3.21. The first-order valence-electron chi connectivity index (χ1n) is 10.5. The van der Waals surface area contributed by atoms with Gasteiger partial charge >= 0.3 is 12.2 Å². The zero-order valence-electron chi connectivity index (χ0n) is 17.4. The van der Waals surface area contributed by atoms with E-state index in [0.717, 1.165) is 5.56 Å². The van der Waals surface area contributed by atoms with Gasteiger partial charge in [-0.25, -0.2) is 19.6 Å². The van der Waals surface area contributed by atoms with Crippen LogP contribution in [0.4, 0.5) is 9.59 Å². The normalized spacial score (nSPS) is 21.3. The molecule has 2 heterocycles. The Balaban J connectivity index is 1.42. The third-order valence-electron chi connectivity index (χ3n) is 5.84. The molecule has 1 saturated carbocycles. The SMILES string of the molecule is O=C(N[C@H]1CCN(C(=O)O)C[C@@H]1C(=O)NC1(c2ncccn2)CC1)OCc1ccccc1. The van der Waals surface area contributed by atoms with Crippen molar-refractivity contribution in [3.8, 4) is 0 Å². The third kappa shape index (κ3) is 4.96. The number of alkyl carbamates (subject to hydrolysis) is 1. The van der Waals surface area contributed by atoms with Gasteiger partial charge in [0.25, 0.3) is 0 Å². The summed E-state index contributed by atoms with van der Waals surface area (Å²) >= 11 is 0. The molecule has 1 aromatic heterocycles. The molecule has 10 nitrogen and oxygen atoms in total. The Labute approximate surface area is 185 Å². The molecule has 3 amide bonds. The van der Waals surface area contributed by atoms with Gasteiger partial charge in [0.15, 0.2) is 5.82 Å². The number of carbonyl (C=O) groups is 3. The number of piperidine rings is 1. The van der Waals surface area contributed by atoms with E-state index in [4.69, 9.17) is 4.74 Å². The van der Waals surface area contributed by atoms with Crippen LogP contribution in [0.1, 0.15) is 30.7 Å². The third-order valence-corrected chi connectivity index (χ3v) is 5.84. The molecule has 0 radical (unpaired) electrons. The van der Waals surface area contributed by atoms with Gasteiger partial charge in [0.2, 0.25) is 5.91 Å². The van der Waals surface area contributed by atoms with Gasteiger partial charge in [0.1, 0.15) is 6.61 Å². The predicted molar refractivity (Wildman–Crippen MR) is 112 cm³/mol. The highest BCUT2D eigenvalue weighted by Gasteiger charge is 2.50. The van der Waals surface area contributed by atoms with Crippen molar-refractivity contribution in [1.29, 1.82) is 0 Å². The quantitative estimate of drug-likeness (QED) is 0.626. The van der Waals surface area contributed by atoms with Gasteiger partial charge in [-0.05, 0) is 30.9 Å². The molecule has 1 saturated heterocycles. The average molecular weight is 439 g/mol. The molecule has 2 aliphatic rings. The maximum Gasteiger partial charge on any atom is 0.407 e. The Morgan fingerprint density at radius 1 is 1.12 bits per heavy atom. The monoisotopic (exact) mass is 439 g/mol. The lowest BCUT2D eigenvalue weighted by Crippen LogP contribution is -2.57. The van der Waals surface area contributed by atoms with Crippen LogP contribution < -0.4 is 10.6 Å². The number of rotatable bonds is 6. The summed E-state index contributed by atoms with van der Waals surface area (Å²) in [5.74, 6) is -0.564. The Morgan fingerprint density at radius 3 is 2.50 bits per heavy atom. The molecule has 0 spiro atoms. The minimum absolute atomic E-state index is 0.0173. The smallest absolute Gasteiger partial charge is 0.407 e. The predicted octanol–water partition coefficient (Wildman–Crippen LogP) is 1.88. The highest BCUT2D eigenvalue weighted by Crippen LogP contribution is 2.44. The van der Waals surface area contributed by atoms with Crippen molar-refractivity contribution in [2.45, 2.75) is 37.5 Å². The number of benzene rings is 1. The summed E-state index contributed by atoms with van der Waals surface area (Å²) in [6, 6.07) is 10.4. The lowest BCUT2D eigenvalue weighted by molar-refractivity contribution is -0.128. The molecule has 1 aliphatic carbocycles. The second kappa shape index (κ2) is 9.21. The number of nitrogens with one attached hydrogen (secondary N) is 2. The van der Waals surface area contributed by atoms with Crippen molar-refractivity contribution in [3.05, 3.63) is 60.2 Å². The number of ether oxygens (including phenoxy) is 1. The fourth-order valence-electron chi connectivity index (χ4n) is 3.88. The Kier molecular flexibility index (Phi) is 6.20. The topological polar surface area (TPSA) is 134 Å². The lowest BCUT2D eigenvalue weighted by Gasteiger charge is -2.37. The molecule has 1 aliphatic heterocycles. The van der Waals surface area contributed by atoms with Crippen LogP contribution >= 0.6 is 0 Å². The van der Waals surface area contributed by atoms with E-state index in [2.05, 4.69) is 20.6 Å². The van der Waals surface area contributed by atoms with Crippen molar-refractivity contribution < 1.29 is 24.2 Å². The van der Waals surface area contributed by atoms with Gasteiger partial charge in [-0.2, -0.15) is 0 Å². The molecule has 2 atom stereocenters. The van der Waals surface area contributed by atoms with Crippen LogP contribution in [0.3, 0.4) is 0 Å². The minimum atomic E-state index is -1.10. The standard InChI is InChI=1S/C22H25N5O5/c28-18(26-22(8-9-22)19-23-10-4-11-24-19)16-13-27(21(30)31)12-7-17(16)25-20(29)32-14-15-5-2-1-3-6-15/h1-6,10-11,16-17H,7-9,12-14H2,(H,25,29)(H,26,28)(H,30,31)/t16-,17-/m0/s1. The first-order valence-corrected chi connectivity index (χ1v) is 10.5. The highest BCUT2D eigenvalue weighted by molar-refractivity contribution is 5.82. The van der Waals surface area contributed by atoms with E-state index >= 15 is 0 Å². The number of hydrogen-bond acceptors (Lipinski definition) is 6. The fraction of sp³-hybridized carbons (Fsp3) is 0.409. The van der Waals surface area contributed by atoms with Crippen molar-refractivity contribution in [1.82, 2.24) is 25.5 Å². The van der Waals surface area contributed by atoms with Crippen molar-refractivity contribution in [3.63, 3.8) is 0 Å². The maximum absolute atomic E-state index is 13.2. The minimum Gasteiger partial charge on any atom is -0.465 e. The van der Waals surface area contributed by atoms with E-state index in [9.17, 15) is 19.5 Å². The second-order valence-corrected chi connectivity index (χ2v) is 8.08. The number of aromatic nitrogens is 2. The summed E-state index contributed by atoms with van der Waals surface area (Å²) < 4.78 is 5.28. The number of likely N-dealkylation sites (tertiary alicyclic amines) is 1. The number of nitrogens with zero attached hydrogens (tertiary/aromatic N) is 3. The van der Waals surface area contributed by atoms with Crippen LogP contribution in [0.2, 0.25) is 0 Å². The number of amides is 3. The molecule has 0 bridgehead atoms. The van der Waals surface area contributed by atoms with Crippen molar-refractivity contribution >= 4 is 18.1 Å². The van der Waals surface area contributed by atoms with E-state index < -0.39 is 29.7 Å². The van der Waals surface area contributed by atoms with Crippen LogP contribution in [0.15, 0.2) is 48.8 Å². The van der Waals surface area contributed by atoms with Crippen LogP contribution in [0, 0.1) is 5.92 Å². The maximum atomic E-state index is 13.2. The van der Waals surface area contributed by atoms with Gasteiger partial charge in [0, 0.05) is 31.5 Å². The Bertz CT molecular complexity index is 967. The highest BCUT2D eigenvalue weighted by atomic mass is 16.5. The summed E-state index contributed by atoms with van der Waals surface area (Å²) in [5.41, 5.74) is 0.207.